The molecular weight excluding hydrogens is 416 g/mol. The number of nitrogens with one attached hydrogen (secondary N) is 3. The third-order valence-corrected chi connectivity index (χ3v) is 5.22. The van der Waals surface area contributed by atoms with E-state index >= 15 is 0 Å². The van der Waals surface area contributed by atoms with Crippen LogP contribution in [0.25, 0.3) is 5.69 Å². The molecule has 1 aromatic heterocycles. The van der Waals surface area contributed by atoms with Crippen molar-refractivity contribution in [1.82, 2.24) is 20.4 Å². The lowest BCUT2D eigenvalue weighted by Gasteiger charge is -2.15. The topological polar surface area (TPSA) is 88.1 Å². The average Bonchev–Trinajstić information content (AvgIpc) is 3.52. The van der Waals surface area contributed by atoms with Crippen LogP contribution in [0.3, 0.4) is 0 Å². The van der Waals surface area contributed by atoms with E-state index < -0.39 is 11.6 Å². The van der Waals surface area contributed by atoms with Gasteiger partial charge in [0.2, 0.25) is 5.91 Å². The number of rotatable bonds is 7. The number of hydrogen-bond acceptors (Lipinski definition) is 3. The van der Waals surface area contributed by atoms with Gasteiger partial charge < -0.3 is 16.0 Å². The number of aromatic nitrogens is 2. The monoisotopic (exact) mass is 439 g/mol. The van der Waals surface area contributed by atoms with E-state index in [-0.39, 0.29) is 36.1 Å². The molecule has 3 N–H and O–H groups in total. The van der Waals surface area contributed by atoms with Crippen molar-refractivity contribution in [3.05, 3.63) is 77.6 Å². The molecule has 4 rings (SSSR count). The Morgan fingerprint density at radius 3 is 2.59 bits per heavy atom. The van der Waals surface area contributed by atoms with Gasteiger partial charge in [0.1, 0.15) is 11.5 Å². The van der Waals surface area contributed by atoms with Crippen molar-refractivity contribution in [2.75, 3.05) is 5.32 Å². The number of benzene rings is 2. The fourth-order valence-electron chi connectivity index (χ4n) is 3.21. The zero-order valence-corrected chi connectivity index (χ0v) is 17.4. The molecule has 1 fully saturated rings. The number of carbonyl (C=O) groups excluding carboxylic acids is 2. The lowest BCUT2D eigenvalue weighted by Crippen LogP contribution is -2.36. The molecule has 1 atom stereocenters. The Bertz CT molecular complexity index is 1130. The Labute approximate surface area is 183 Å². The van der Waals surface area contributed by atoms with Gasteiger partial charge in [-0.15, -0.1) is 0 Å². The van der Waals surface area contributed by atoms with Gasteiger partial charge in [0.05, 0.1) is 12.2 Å². The second-order valence-corrected chi connectivity index (χ2v) is 7.82. The van der Waals surface area contributed by atoms with E-state index in [0.717, 1.165) is 36.2 Å². The molecule has 1 heterocycles. The SMILES string of the molecule is CC(NC(=O)NCc1cnn(-c2ccc(F)cc2F)c1)c1ccc(NC(=O)C2CC2)cc1. The van der Waals surface area contributed by atoms with Crippen LogP contribution in [0.2, 0.25) is 0 Å². The van der Waals surface area contributed by atoms with E-state index in [9.17, 15) is 18.4 Å². The summed E-state index contributed by atoms with van der Waals surface area (Å²) in [7, 11) is 0. The van der Waals surface area contributed by atoms with E-state index in [1.54, 1.807) is 6.20 Å². The minimum Gasteiger partial charge on any atom is -0.334 e. The summed E-state index contributed by atoms with van der Waals surface area (Å²) >= 11 is 0. The molecule has 1 aliphatic carbocycles. The third-order valence-electron chi connectivity index (χ3n) is 5.22. The number of anilines is 1. The number of carbonyl (C=O) groups is 2. The van der Waals surface area contributed by atoms with Gasteiger partial charge in [0, 0.05) is 36.0 Å². The van der Waals surface area contributed by atoms with Crippen LogP contribution in [0.1, 0.15) is 36.9 Å². The van der Waals surface area contributed by atoms with Crippen molar-refractivity contribution in [2.24, 2.45) is 5.92 Å². The Morgan fingerprint density at radius 2 is 1.91 bits per heavy atom. The summed E-state index contributed by atoms with van der Waals surface area (Å²) in [6.45, 7) is 2.04. The van der Waals surface area contributed by atoms with Crippen molar-refractivity contribution >= 4 is 17.6 Å². The highest BCUT2D eigenvalue weighted by Gasteiger charge is 2.29. The molecule has 9 heteroatoms. The van der Waals surface area contributed by atoms with Gasteiger partial charge in [-0.2, -0.15) is 5.10 Å². The summed E-state index contributed by atoms with van der Waals surface area (Å²) in [5, 5.41) is 12.5. The predicted octanol–water partition coefficient (Wildman–Crippen LogP) is 4.06. The number of nitrogens with zero attached hydrogens (tertiary/aromatic N) is 2. The van der Waals surface area contributed by atoms with Crippen LogP contribution >= 0.6 is 0 Å². The van der Waals surface area contributed by atoms with Crippen LogP contribution in [-0.4, -0.2) is 21.7 Å². The second-order valence-electron chi connectivity index (χ2n) is 7.82. The molecule has 1 saturated carbocycles. The van der Waals surface area contributed by atoms with E-state index in [0.29, 0.717) is 5.56 Å². The van der Waals surface area contributed by atoms with Crippen LogP contribution in [-0.2, 0) is 11.3 Å². The molecule has 2 aromatic carbocycles. The second kappa shape index (κ2) is 9.17. The molecule has 0 bridgehead atoms. The molecule has 166 valence electrons. The van der Waals surface area contributed by atoms with E-state index in [1.165, 1.54) is 16.9 Å². The first-order chi connectivity index (χ1) is 15.4. The smallest absolute Gasteiger partial charge is 0.315 e. The molecule has 0 aliphatic heterocycles. The molecule has 3 aromatic rings. The number of hydrogen-bond donors (Lipinski definition) is 3. The Balaban J connectivity index is 1.27. The highest BCUT2D eigenvalue weighted by Crippen LogP contribution is 2.30. The predicted molar refractivity (Wildman–Crippen MR) is 115 cm³/mol. The Morgan fingerprint density at radius 1 is 1.16 bits per heavy atom. The van der Waals surface area contributed by atoms with Gasteiger partial charge in [0.15, 0.2) is 5.82 Å². The third kappa shape index (κ3) is 5.29. The first kappa shape index (κ1) is 21.5. The largest absolute Gasteiger partial charge is 0.334 e. The number of urea groups is 1. The highest BCUT2D eigenvalue weighted by atomic mass is 19.1. The maximum absolute atomic E-state index is 13.9. The summed E-state index contributed by atoms with van der Waals surface area (Å²) < 4.78 is 28.2. The summed E-state index contributed by atoms with van der Waals surface area (Å²) in [4.78, 5) is 24.1. The van der Waals surface area contributed by atoms with Gasteiger partial charge in [0.25, 0.3) is 0 Å². The molecule has 0 spiro atoms. The first-order valence-corrected chi connectivity index (χ1v) is 10.3. The maximum atomic E-state index is 13.9. The lowest BCUT2D eigenvalue weighted by atomic mass is 10.1. The van der Waals surface area contributed by atoms with Crippen molar-refractivity contribution < 1.29 is 18.4 Å². The summed E-state index contributed by atoms with van der Waals surface area (Å²) in [6, 6.07) is 9.96. The molecule has 3 amide bonds. The van der Waals surface area contributed by atoms with Gasteiger partial charge >= 0.3 is 6.03 Å². The van der Waals surface area contributed by atoms with Crippen LogP contribution in [0, 0.1) is 17.6 Å². The number of halogens is 2. The van der Waals surface area contributed by atoms with E-state index in [4.69, 9.17) is 0 Å². The van der Waals surface area contributed by atoms with Gasteiger partial charge in [-0.25, -0.2) is 18.3 Å². The highest BCUT2D eigenvalue weighted by molar-refractivity contribution is 5.94. The standard InChI is InChI=1S/C23H23F2N5O2/c1-14(16-4-7-19(8-5-16)29-22(31)17-2-3-17)28-23(32)26-11-15-12-27-30(13-15)21-9-6-18(24)10-20(21)25/h4-10,12-14,17H,2-3,11H2,1H3,(H,29,31)(H2,26,28,32). The molecule has 1 aliphatic rings. The van der Waals surface area contributed by atoms with Crippen LogP contribution in [0.4, 0.5) is 19.3 Å². The zero-order chi connectivity index (χ0) is 22.7. The molecule has 0 saturated heterocycles. The van der Waals surface area contributed by atoms with Crippen LogP contribution in [0.15, 0.2) is 54.9 Å². The molecule has 32 heavy (non-hydrogen) atoms. The van der Waals surface area contributed by atoms with Gasteiger partial charge in [-0.3, -0.25) is 4.79 Å². The minimum absolute atomic E-state index is 0.0498. The molecular formula is C23H23F2N5O2. The van der Waals surface area contributed by atoms with E-state index in [1.807, 2.05) is 31.2 Å². The summed E-state index contributed by atoms with van der Waals surface area (Å²) in [6.07, 6.45) is 4.96. The van der Waals surface area contributed by atoms with Crippen LogP contribution < -0.4 is 16.0 Å². The molecule has 7 nitrogen and oxygen atoms in total. The van der Waals surface area contributed by atoms with Crippen molar-refractivity contribution in [3.8, 4) is 5.69 Å². The first-order valence-electron chi connectivity index (χ1n) is 10.3. The number of amides is 3. The molecule has 1 unspecified atom stereocenters. The van der Waals surface area contributed by atoms with Gasteiger partial charge in [-0.05, 0) is 49.6 Å². The maximum Gasteiger partial charge on any atom is 0.315 e. The van der Waals surface area contributed by atoms with Crippen molar-refractivity contribution in [3.63, 3.8) is 0 Å². The minimum atomic E-state index is -0.725. The lowest BCUT2D eigenvalue weighted by molar-refractivity contribution is -0.117. The van der Waals surface area contributed by atoms with Crippen LogP contribution in [0.5, 0.6) is 0 Å². The summed E-state index contributed by atoms with van der Waals surface area (Å²) in [5.74, 6) is -1.20. The summed E-state index contributed by atoms with van der Waals surface area (Å²) in [5.41, 5.74) is 2.40. The van der Waals surface area contributed by atoms with Crippen molar-refractivity contribution in [1.29, 1.82) is 0 Å². The Hall–Kier alpha value is -3.75. The average molecular weight is 439 g/mol. The zero-order valence-electron chi connectivity index (χ0n) is 17.4. The van der Waals surface area contributed by atoms with Gasteiger partial charge in [-0.1, -0.05) is 12.1 Å². The quantitative estimate of drug-likeness (QED) is 0.519. The fourth-order valence-corrected chi connectivity index (χ4v) is 3.21. The Kier molecular flexibility index (Phi) is 6.16. The normalized spacial score (nSPS) is 14.0. The molecule has 0 radical (unpaired) electrons. The van der Waals surface area contributed by atoms with E-state index in [2.05, 4.69) is 21.0 Å². The fraction of sp³-hybridized carbons (Fsp3) is 0.261. The van der Waals surface area contributed by atoms with Crippen molar-refractivity contribution in [2.45, 2.75) is 32.4 Å².